The third-order valence-corrected chi connectivity index (χ3v) is 4.74. The molecule has 132 valence electrons. The highest BCUT2D eigenvalue weighted by molar-refractivity contribution is 5.81. The van der Waals surface area contributed by atoms with Crippen molar-refractivity contribution >= 4 is 11.6 Å². The van der Waals surface area contributed by atoms with E-state index < -0.39 is 0 Å². The molecule has 0 aromatic heterocycles. The van der Waals surface area contributed by atoms with Gasteiger partial charge in [0.2, 0.25) is 5.91 Å². The molecule has 2 N–H and O–H groups in total. The minimum Gasteiger partial charge on any atom is -0.491 e. The average Bonchev–Trinajstić information content (AvgIpc) is 3.13. The van der Waals surface area contributed by atoms with Crippen LogP contribution in [0.2, 0.25) is 0 Å². The van der Waals surface area contributed by atoms with E-state index in [0.29, 0.717) is 19.2 Å². The molecule has 1 aliphatic heterocycles. The van der Waals surface area contributed by atoms with Crippen molar-refractivity contribution in [3.63, 3.8) is 0 Å². The molecule has 2 aliphatic rings. The third kappa shape index (κ3) is 5.41. The van der Waals surface area contributed by atoms with Crippen molar-refractivity contribution in [2.45, 2.75) is 57.1 Å². The van der Waals surface area contributed by atoms with Gasteiger partial charge in [-0.25, -0.2) is 0 Å². The maximum Gasteiger partial charge on any atom is 0.239 e. The zero-order chi connectivity index (χ0) is 16.6. The Morgan fingerprint density at radius 1 is 1.08 bits per heavy atom. The monoisotopic (exact) mass is 332 g/mol. The fourth-order valence-electron chi connectivity index (χ4n) is 3.34. The summed E-state index contributed by atoms with van der Waals surface area (Å²) in [6, 6.07) is 8.10. The molecular formula is C19H28N2O3. The van der Waals surface area contributed by atoms with E-state index in [1.807, 2.05) is 24.3 Å². The van der Waals surface area contributed by atoms with Gasteiger partial charge in [-0.05, 0) is 49.9 Å². The van der Waals surface area contributed by atoms with Gasteiger partial charge in [-0.15, -0.1) is 0 Å². The van der Waals surface area contributed by atoms with E-state index in [1.165, 1.54) is 19.3 Å². The maximum atomic E-state index is 12.0. The van der Waals surface area contributed by atoms with Gasteiger partial charge in [0.1, 0.15) is 12.4 Å². The number of rotatable bonds is 7. The summed E-state index contributed by atoms with van der Waals surface area (Å²) in [6.45, 7) is 1.77. The van der Waals surface area contributed by atoms with Crippen molar-refractivity contribution < 1.29 is 14.3 Å². The number of anilines is 1. The van der Waals surface area contributed by atoms with Gasteiger partial charge < -0.3 is 20.1 Å². The Morgan fingerprint density at radius 3 is 2.58 bits per heavy atom. The molecule has 1 unspecified atom stereocenters. The predicted molar refractivity (Wildman–Crippen MR) is 94.4 cm³/mol. The van der Waals surface area contributed by atoms with Crippen LogP contribution in [0.1, 0.15) is 44.9 Å². The summed E-state index contributed by atoms with van der Waals surface area (Å²) in [5.74, 6) is 0.906. The second-order valence-corrected chi connectivity index (χ2v) is 6.73. The van der Waals surface area contributed by atoms with E-state index in [9.17, 15) is 4.79 Å². The molecule has 1 heterocycles. The van der Waals surface area contributed by atoms with Crippen LogP contribution >= 0.6 is 0 Å². The predicted octanol–water partition coefficient (Wildman–Crippen LogP) is 3.11. The van der Waals surface area contributed by atoms with E-state index in [0.717, 1.165) is 43.7 Å². The molecule has 2 fully saturated rings. The standard InChI is InChI=1S/C19H28N2O3/c22-19(21-16-5-2-1-3-6-16)13-20-15-8-10-17(11-9-15)24-14-18-7-4-12-23-18/h8-11,16,18,20H,1-7,12-14H2,(H,21,22). The Morgan fingerprint density at radius 2 is 1.88 bits per heavy atom. The van der Waals surface area contributed by atoms with E-state index in [1.54, 1.807) is 0 Å². The van der Waals surface area contributed by atoms with Gasteiger partial charge in [-0.3, -0.25) is 4.79 Å². The smallest absolute Gasteiger partial charge is 0.239 e. The Hall–Kier alpha value is -1.75. The van der Waals surface area contributed by atoms with E-state index >= 15 is 0 Å². The summed E-state index contributed by atoms with van der Waals surface area (Å²) >= 11 is 0. The number of benzene rings is 1. The van der Waals surface area contributed by atoms with Crippen molar-refractivity contribution in [3.05, 3.63) is 24.3 Å². The number of ether oxygens (including phenoxy) is 2. The fraction of sp³-hybridized carbons (Fsp3) is 0.632. The van der Waals surface area contributed by atoms with Gasteiger partial charge in [-0.2, -0.15) is 0 Å². The molecule has 0 spiro atoms. The van der Waals surface area contributed by atoms with Gasteiger partial charge in [0.15, 0.2) is 0 Å². The van der Waals surface area contributed by atoms with E-state index in [4.69, 9.17) is 9.47 Å². The van der Waals surface area contributed by atoms with Crippen molar-refractivity contribution in [1.82, 2.24) is 5.32 Å². The molecule has 24 heavy (non-hydrogen) atoms. The van der Waals surface area contributed by atoms with Crippen LogP contribution in [0.5, 0.6) is 5.75 Å². The lowest BCUT2D eigenvalue weighted by Crippen LogP contribution is -2.39. The van der Waals surface area contributed by atoms with Crippen LogP contribution in [0.3, 0.4) is 0 Å². The average molecular weight is 332 g/mol. The van der Waals surface area contributed by atoms with Crippen LogP contribution in [-0.2, 0) is 9.53 Å². The SMILES string of the molecule is O=C(CNc1ccc(OCC2CCCO2)cc1)NC1CCCCC1. The van der Waals surface area contributed by atoms with Gasteiger partial charge in [-0.1, -0.05) is 19.3 Å². The molecule has 1 aliphatic carbocycles. The van der Waals surface area contributed by atoms with Crippen molar-refractivity contribution in [3.8, 4) is 5.75 Å². The normalized spacial score (nSPS) is 21.4. The van der Waals surface area contributed by atoms with E-state index in [-0.39, 0.29) is 12.0 Å². The summed E-state index contributed by atoms with van der Waals surface area (Å²) in [6.07, 6.45) is 8.41. The van der Waals surface area contributed by atoms with Crippen LogP contribution in [0.4, 0.5) is 5.69 Å². The van der Waals surface area contributed by atoms with Crippen LogP contribution in [-0.4, -0.2) is 37.8 Å². The van der Waals surface area contributed by atoms with Gasteiger partial charge in [0.05, 0.1) is 12.6 Å². The second kappa shape index (κ2) is 8.92. The van der Waals surface area contributed by atoms with Crippen LogP contribution < -0.4 is 15.4 Å². The minimum atomic E-state index is 0.0700. The zero-order valence-corrected chi connectivity index (χ0v) is 14.3. The molecule has 0 radical (unpaired) electrons. The number of carbonyl (C=O) groups excluding carboxylic acids is 1. The van der Waals surface area contributed by atoms with Crippen LogP contribution in [0.15, 0.2) is 24.3 Å². The molecule has 0 bridgehead atoms. The van der Waals surface area contributed by atoms with Crippen molar-refractivity contribution in [2.24, 2.45) is 0 Å². The number of carbonyl (C=O) groups is 1. The highest BCUT2D eigenvalue weighted by Gasteiger charge is 2.16. The Kier molecular flexibility index (Phi) is 6.35. The first-order valence-corrected chi connectivity index (χ1v) is 9.17. The topological polar surface area (TPSA) is 59.6 Å². The number of hydrogen-bond donors (Lipinski definition) is 2. The Bertz CT molecular complexity index is 506. The Labute approximate surface area is 144 Å². The molecule has 1 aromatic rings. The van der Waals surface area contributed by atoms with Gasteiger partial charge >= 0.3 is 0 Å². The second-order valence-electron chi connectivity index (χ2n) is 6.73. The van der Waals surface area contributed by atoms with Crippen LogP contribution in [0, 0.1) is 0 Å². The molecule has 3 rings (SSSR count). The quantitative estimate of drug-likeness (QED) is 0.805. The molecule has 1 amide bonds. The zero-order valence-electron chi connectivity index (χ0n) is 14.3. The minimum absolute atomic E-state index is 0.0700. The van der Waals surface area contributed by atoms with Gasteiger partial charge in [0.25, 0.3) is 0 Å². The lowest BCUT2D eigenvalue weighted by Gasteiger charge is -2.22. The lowest BCUT2D eigenvalue weighted by atomic mass is 9.95. The largest absolute Gasteiger partial charge is 0.491 e. The molecule has 1 atom stereocenters. The molecular weight excluding hydrogens is 304 g/mol. The molecule has 1 aromatic carbocycles. The van der Waals surface area contributed by atoms with Crippen molar-refractivity contribution in [1.29, 1.82) is 0 Å². The van der Waals surface area contributed by atoms with Gasteiger partial charge in [0, 0.05) is 18.3 Å². The summed E-state index contributed by atoms with van der Waals surface area (Å²) in [4.78, 5) is 12.0. The third-order valence-electron chi connectivity index (χ3n) is 4.74. The fourth-order valence-corrected chi connectivity index (χ4v) is 3.34. The first kappa shape index (κ1) is 17.1. The molecule has 5 heteroatoms. The molecule has 1 saturated carbocycles. The summed E-state index contributed by atoms with van der Waals surface area (Å²) in [5, 5.41) is 6.28. The van der Waals surface area contributed by atoms with E-state index in [2.05, 4.69) is 10.6 Å². The highest BCUT2D eigenvalue weighted by Crippen LogP contribution is 2.19. The maximum absolute atomic E-state index is 12.0. The number of nitrogens with one attached hydrogen (secondary N) is 2. The lowest BCUT2D eigenvalue weighted by molar-refractivity contribution is -0.120. The Balaban J connectivity index is 1.36. The summed E-state index contributed by atoms with van der Waals surface area (Å²) < 4.78 is 11.3. The number of amides is 1. The van der Waals surface area contributed by atoms with Crippen LogP contribution in [0.25, 0.3) is 0 Å². The number of hydrogen-bond acceptors (Lipinski definition) is 4. The molecule has 5 nitrogen and oxygen atoms in total. The highest BCUT2D eigenvalue weighted by atomic mass is 16.5. The first-order chi connectivity index (χ1) is 11.8. The summed E-state index contributed by atoms with van der Waals surface area (Å²) in [5.41, 5.74) is 0.929. The first-order valence-electron chi connectivity index (χ1n) is 9.17. The summed E-state index contributed by atoms with van der Waals surface area (Å²) in [7, 11) is 0. The molecule has 1 saturated heterocycles. The van der Waals surface area contributed by atoms with Crippen molar-refractivity contribution in [2.75, 3.05) is 25.1 Å².